The van der Waals surface area contributed by atoms with Gasteiger partial charge in [-0.3, -0.25) is 14.6 Å². The average molecular weight is 409 g/mol. The van der Waals surface area contributed by atoms with Gasteiger partial charge in [-0.25, -0.2) is 0 Å². The van der Waals surface area contributed by atoms with E-state index in [1.807, 2.05) is 17.0 Å². The highest BCUT2D eigenvalue weighted by Crippen LogP contribution is 2.27. The predicted molar refractivity (Wildman–Crippen MR) is 110 cm³/mol. The molecule has 1 fully saturated rings. The molecule has 1 unspecified atom stereocenters. The van der Waals surface area contributed by atoms with Crippen molar-refractivity contribution in [3.63, 3.8) is 0 Å². The second-order valence-electron chi connectivity index (χ2n) is 7.89. The normalized spacial score (nSPS) is 21.3. The van der Waals surface area contributed by atoms with Gasteiger partial charge in [-0.15, -0.1) is 0 Å². The van der Waals surface area contributed by atoms with Crippen LogP contribution in [0.5, 0.6) is 0 Å². The number of nitrogens with one attached hydrogen (secondary N) is 1. The molecule has 2 aliphatic rings. The number of carbonyl (C=O) groups excluding carboxylic acids is 2. The van der Waals surface area contributed by atoms with Crippen molar-refractivity contribution in [2.75, 3.05) is 19.6 Å². The van der Waals surface area contributed by atoms with E-state index in [0.29, 0.717) is 37.8 Å². The van der Waals surface area contributed by atoms with Gasteiger partial charge in [0.05, 0.1) is 0 Å². The fourth-order valence-corrected chi connectivity index (χ4v) is 4.05. The molecule has 1 N–H and O–H groups in total. The SMILES string of the molecule is O=C1CCN(C(=O)C2CC=CC2)CCCC(c2nc(-c3cccnc3)no2)CCN1. The van der Waals surface area contributed by atoms with E-state index in [2.05, 4.69) is 32.6 Å². The molecule has 1 saturated heterocycles. The summed E-state index contributed by atoms with van der Waals surface area (Å²) in [5, 5.41) is 7.06. The third-order valence-corrected chi connectivity index (χ3v) is 5.78. The predicted octanol–water partition coefficient (Wildman–Crippen LogP) is 2.70. The van der Waals surface area contributed by atoms with Crippen LogP contribution in [0, 0.1) is 5.92 Å². The highest BCUT2D eigenvalue weighted by atomic mass is 16.5. The third-order valence-electron chi connectivity index (χ3n) is 5.78. The van der Waals surface area contributed by atoms with Crippen LogP contribution in [0.25, 0.3) is 11.4 Å². The fraction of sp³-hybridized carbons (Fsp3) is 0.500. The molecule has 1 atom stereocenters. The maximum Gasteiger partial charge on any atom is 0.230 e. The summed E-state index contributed by atoms with van der Waals surface area (Å²) in [4.78, 5) is 35.6. The number of hydrogen-bond donors (Lipinski definition) is 1. The van der Waals surface area contributed by atoms with Crippen LogP contribution in [-0.2, 0) is 9.59 Å². The lowest BCUT2D eigenvalue weighted by Gasteiger charge is -2.25. The monoisotopic (exact) mass is 409 g/mol. The maximum absolute atomic E-state index is 12.9. The maximum atomic E-state index is 12.9. The van der Waals surface area contributed by atoms with Crippen LogP contribution in [0.2, 0.25) is 0 Å². The van der Waals surface area contributed by atoms with E-state index in [-0.39, 0.29) is 23.7 Å². The first-order chi connectivity index (χ1) is 14.7. The summed E-state index contributed by atoms with van der Waals surface area (Å²) in [6, 6.07) is 3.72. The van der Waals surface area contributed by atoms with E-state index in [4.69, 9.17) is 4.52 Å². The first kappa shape index (κ1) is 20.3. The van der Waals surface area contributed by atoms with Crippen molar-refractivity contribution in [2.24, 2.45) is 5.92 Å². The van der Waals surface area contributed by atoms with Gasteiger partial charge in [0.15, 0.2) is 0 Å². The molecule has 30 heavy (non-hydrogen) atoms. The topological polar surface area (TPSA) is 101 Å². The summed E-state index contributed by atoms with van der Waals surface area (Å²) in [5.74, 6) is 1.26. The van der Waals surface area contributed by atoms with Crippen LogP contribution < -0.4 is 5.32 Å². The van der Waals surface area contributed by atoms with Crippen LogP contribution in [0.1, 0.15) is 50.3 Å². The molecular formula is C22H27N5O3. The van der Waals surface area contributed by atoms with Crippen molar-refractivity contribution < 1.29 is 14.1 Å². The molecule has 0 spiro atoms. The van der Waals surface area contributed by atoms with E-state index < -0.39 is 0 Å². The standard InChI is InChI=1S/C22H27N5O3/c28-19-10-14-27(22(29)17-5-1-2-6-17)13-4-8-16(9-12-24-19)21-25-20(26-30-21)18-7-3-11-23-15-18/h1-3,7,11,15-17H,4-6,8-10,12-14H2,(H,24,28). The summed E-state index contributed by atoms with van der Waals surface area (Å²) in [6.45, 7) is 1.66. The molecule has 158 valence electrons. The van der Waals surface area contributed by atoms with E-state index in [9.17, 15) is 9.59 Å². The summed E-state index contributed by atoms with van der Waals surface area (Å²) >= 11 is 0. The van der Waals surface area contributed by atoms with Gasteiger partial charge in [0.2, 0.25) is 23.5 Å². The highest BCUT2D eigenvalue weighted by molar-refractivity contribution is 5.81. The number of amides is 2. The molecule has 2 amide bonds. The lowest BCUT2D eigenvalue weighted by Crippen LogP contribution is -2.38. The molecule has 0 aromatic carbocycles. The van der Waals surface area contributed by atoms with Crippen molar-refractivity contribution in [1.82, 2.24) is 25.3 Å². The Balaban J connectivity index is 1.44. The summed E-state index contributed by atoms with van der Waals surface area (Å²) in [7, 11) is 0. The number of hydrogen-bond acceptors (Lipinski definition) is 6. The molecule has 8 heteroatoms. The van der Waals surface area contributed by atoms with Crippen molar-refractivity contribution in [1.29, 1.82) is 0 Å². The Morgan fingerprint density at radius 2 is 2.07 bits per heavy atom. The Morgan fingerprint density at radius 1 is 1.20 bits per heavy atom. The largest absolute Gasteiger partial charge is 0.356 e. The third kappa shape index (κ3) is 4.93. The minimum absolute atomic E-state index is 0.0203. The molecule has 3 heterocycles. The van der Waals surface area contributed by atoms with Gasteiger partial charge in [-0.1, -0.05) is 17.3 Å². The molecule has 0 saturated carbocycles. The first-order valence-electron chi connectivity index (χ1n) is 10.6. The zero-order valence-electron chi connectivity index (χ0n) is 17.0. The van der Waals surface area contributed by atoms with Crippen LogP contribution >= 0.6 is 0 Å². The van der Waals surface area contributed by atoms with E-state index in [1.165, 1.54) is 0 Å². The lowest BCUT2D eigenvalue weighted by molar-refractivity contribution is -0.135. The van der Waals surface area contributed by atoms with Crippen LogP contribution in [0.3, 0.4) is 0 Å². The Kier molecular flexibility index (Phi) is 6.51. The second kappa shape index (κ2) is 9.65. The summed E-state index contributed by atoms with van der Waals surface area (Å²) in [5.41, 5.74) is 0.805. The first-order valence-corrected chi connectivity index (χ1v) is 10.6. The molecule has 0 radical (unpaired) electrons. The molecule has 2 aromatic rings. The highest BCUT2D eigenvalue weighted by Gasteiger charge is 2.27. The fourth-order valence-electron chi connectivity index (χ4n) is 4.05. The molecule has 1 aliphatic heterocycles. The number of aromatic nitrogens is 3. The van der Waals surface area contributed by atoms with Gasteiger partial charge < -0.3 is 14.7 Å². The van der Waals surface area contributed by atoms with Crippen molar-refractivity contribution in [3.8, 4) is 11.4 Å². The average Bonchev–Trinajstić information content (AvgIpc) is 3.46. The number of carbonyl (C=O) groups is 2. The minimum atomic E-state index is -0.0282. The summed E-state index contributed by atoms with van der Waals surface area (Å²) < 4.78 is 5.55. The molecule has 8 nitrogen and oxygen atoms in total. The van der Waals surface area contributed by atoms with Crippen molar-refractivity contribution in [3.05, 3.63) is 42.6 Å². The number of allylic oxidation sites excluding steroid dienone is 2. The van der Waals surface area contributed by atoms with E-state index in [1.54, 1.807) is 12.4 Å². The van der Waals surface area contributed by atoms with E-state index in [0.717, 1.165) is 37.7 Å². The Hall–Kier alpha value is -3.03. The zero-order valence-corrected chi connectivity index (χ0v) is 17.0. The second-order valence-corrected chi connectivity index (χ2v) is 7.89. The zero-order chi connectivity index (χ0) is 20.8. The van der Waals surface area contributed by atoms with Gasteiger partial charge in [-0.05, 0) is 44.2 Å². The van der Waals surface area contributed by atoms with Gasteiger partial charge in [-0.2, -0.15) is 4.98 Å². The van der Waals surface area contributed by atoms with Crippen molar-refractivity contribution in [2.45, 2.75) is 44.4 Å². The van der Waals surface area contributed by atoms with Crippen LogP contribution in [-0.4, -0.2) is 51.5 Å². The van der Waals surface area contributed by atoms with Crippen molar-refractivity contribution >= 4 is 11.8 Å². The number of rotatable bonds is 3. The smallest absolute Gasteiger partial charge is 0.230 e. The quantitative estimate of drug-likeness (QED) is 0.782. The van der Waals surface area contributed by atoms with Gasteiger partial charge in [0, 0.05) is 55.8 Å². The van der Waals surface area contributed by atoms with Gasteiger partial charge in [0.1, 0.15) is 0 Å². The van der Waals surface area contributed by atoms with Gasteiger partial charge in [0.25, 0.3) is 0 Å². The summed E-state index contributed by atoms with van der Waals surface area (Å²) in [6.07, 6.45) is 11.8. The Morgan fingerprint density at radius 3 is 2.87 bits per heavy atom. The van der Waals surface area contributed by atoms with E-state index >= 15 is 0 Å². The van der Waals surface area contributed by atoms with Gasteiger partial charge >= 0.3 is 0 Å². The Labute approximate surface area is 175 Å². The molecule has 1 aliphatic carbocycles. The molecule has 2 aromatic heterocycles. The molecule has 4 rings (SSSR count). The van der Waals surface area contributed by atoms with Crippen LogP contribution in [0.15, 0.2) is 41.2 Å². The Bertz CT molecular complexity index is 887. The lowest BCUT2D eigenvalue weighted by atomic mass is 9.98. The number of nitrogens with zero attached hydrogens (tertiary/aromatic N) is 4. The number of pyridine rings is 1. The minimum Gasteiger partial charge on any atom is -0.356 e. The molecular weight excluding hydrogens is 382 g/mol. The van der Waals surface area contributed by atoms with Crippen LogP contribution in [0.4, 0.5) is 0 Å². The molecule has 0 bridgehead atoms.